The van der Waals surface area contributed by atoms with Crippen LogP contribution in [0.15, 0.2) is 35.1 Å². The van der Waals surface area contributed by atoms with Crippen molar-refractivity contribution in [3.8, 4) is 0 Å². The van der Waals surface area contributed by atoms with Crippen LogP contribution >= 0.6 is 27.5 Å². The van der Waals surface area contributed by atoms with Crippen LogP contribution in [0, 0.1) is 0 Å². The molecule has 3 N–H and O–H groups in total. The summed E-state index contributed by atoms with van der Waals surface area (Å²) in [5, 5.41) is 3.46. The van der Waals surface area contributed by atoms with E-state index in [2.05, 4.69) is 31.2 Å². The summed E-state index contributed by atoms with van der Waals surface area (Å²) in [6.45, 7) is 0.609. The molecule has 0 saturated heterocycles. The summed E-state index contributed by atoms with van der Waals surface area (Å²) in [5.74, 6) is 0.811. The minimum absolute atomic E-state index is 0.274. The number of rotatable bonds is 3. The summed E-state index contributed by atoms with van der Waals surface area (Å²) >= 11 is 9.45. The standard InChI is InChI=1S/C11H10BrClN4/c12-8-4-2-1-3-7(8)5-15-11-9(13)10(14)16-6-17-11/h1-4,6H,5H2,(H3,14,15,16,17). The van der Waals surface area contributed by atoms with Crippen LogP contribution in [0.1, 0.15) is 5.56 Å². The zero-order valence-electron chi connectivity index (χ0n) is 8.82. The third-order valence-corrected chi connectivity index (χ3v) is 3.37. The molecule has 0 bridgehead atoms. The number of nitrogens with zero attached hydrogens (tertiary/aromatic N) is 2. The third kappa shape index (κ3) is 2.87. The largest absolute Gasteiger partial charge is 0.382 e. The van der Waals surface area contributed by atoms with Crippen molar-refractivity contribution < 1.29 is 0 Å². The van der Waals surface area contributed by atoms with E-state index in [-0.39, 0.29) is 5.82 Å². The Labute approximate surface area is 112 Å². The highest BCUT2D eigenvalue weighted by molar-refractivity contribution is 9.10. The molecule has 0 unspecified atom stereocenters. The van der Waals surface area contributed by atoms with Crippen molar-refractivity contribution in [3.05, 3.63) is 45.7 Å². The molecule has 17 heavy (non-hydrogen) atoms. The Hall–Kier alpha value is -1.33. The quantitative estimate of drug-likeness (QED) is 0.914. The first kappa shape index (κ1) is 12.1. The van der Waals surface area contributed by atoms with Crippen molar-refractivity contribution in [1.82, 2.24) is 9.97 Å². The number of hydrogen-bond acceptors (Lipinski definition) is 4. The maximum atomic E-state index is 5.98. The molecule has 0 saturated carbocycles. The molecular weight excluding hydrogens is 304 g/mol. The Bertz CT molecular complexity index is 533. The van der Waals surface area contributed by atoms with Gasteiger partial charge in [-0.05, 0) is 11.6 Å². The highest BCUT2D eigenvalue weighted by Gasteiger charge is 2.06. The number of anilines is 2. The Morgan fingerprint density at radius 3 is 2.82 bits per heavy atom. The van der Waals surface area contributed by atoms with Crippen molar-refractivity contribution in [2.24, 2.45) is 0 Å². The van der Waals surface area contributed by atoms with E-state index in [1.165, 1.54) is 6.33 Å². The first-order valence-corrected chi connectivity index (χ1v) is 6.09. The predicted octanol–water partition coefficient (Wildman–Crippen LogP) is 3.09. The van der Waals surface area contributed by atoms with Gasteiger partial charge in [0.2, 0.25) is 0 Å². The number of benzene rings is 1. The van der Waals surface area contributed by atoms with Gasteiger partial charge < -0.3 is 11.1 Å². The SMILES string of the molecule is Nc1ncnc(NCc2ccccc2Br)c1Cl. The number of nitrogen functional groups attached to an aromatic ring is 1. The summed E-state index contributed by atoms with van der Waals surface area (Å²) < 4.78 is 1.03. The van der Waals surface area contributed by atoms with Crippen LogP contribution in [0.4, 0.5) is 11.6 Å². The fourth-order valence-corrected chi connectivity index (χ4v) is 1.92. The summed E-state index contributed by atoms with van der Waals surface area (Å²) in [7, 11) is 0. The normalized spacial score (nSPS) is 10.2. The lowest BCUT2D eigenvalue weighted by molar-refractivity contribution is 1.08. The highest BCUT2D eigenvalue weighted by atomic mass is 79.9. The van der Waals surface area contributed by atoms with Crippen LogP contribution in [0.25, 0.3) is 0 Å². The molecular formula is C11H10BrClN4. The van der Waals surface area contributed by atoms with Gasteiger partial charge in [-0.2, -0.15) is 0 Å². The number of nitrogens with one attached hydrogen (secondary N) is 1. The minimum atomic E-state index is 0.274. The maximum absolute atomic E-state index is 5.98. The van der Waals surface area contributed by atoms with Gasteiger partial charge in [-0.1, -0.05) is 45.7 Å². The van der Waals surface area contributed by atoms with Gasteiger partial charge in [0.05, 0.1) is 0 Å². The van der Waals surface area contributed by atoms with Gasteiger partial charge in [0.1, 0.15) is 17.2 Å². The molecule has 6 heteroatoms. The molecule has 0 spiro atoms. The van der Waals surface area contributed by atoms with Gasteiger partial charge >= 0.3 is 0 Å². The Morgan fingerprint density at radius 1 is 1.29 bits per heavy atom. The molecule has 1 aromatic carbocycles. The molecule has 2 aromatic rings. The van der Waals surface area contributed by atoms with Gasteiger partial charge in [0.15, 0.2) is 5.82 Å². The zero-order chi connectivity index (χ0) is 12.3. The molecule has 0 amide bonds. The molecule has 0 atom stereocenters. The molecule has 0 aliphatic rings. The van der Waals surface area contributed by atoms with E-state index in [9.17, 15) is 0 Å². The predicted molar refractivity (Wildman–Crippen MR) is 72.9 cm³/mol. The summed E-state index contributed by atoms with van der Waals surface area (Å²) in [6.07, 6.45) is 1.38. The zero-order valence-corrected chi connectivity index (χ0v) is 11.2. The topological polar surface area (TPSA) is 63.8 Å². The van der Waals surface area contributed by atoms with Crippen molar-refractivity contribution in [3.63, 3.8) is 0 Å². The molecule has 88 valence electrons. The second-order valence-corrected chi connectivity index (χ2v) is 4.60. The van der Waals surface area contributed by atoms with Gasteiger partial charge in [0, 0.05) is 11.0 Å². The van der Waals surface area contributed by atoms with E-state index in [0.29, 0.717) is 17.4 Å². The molecule has 1 heterocycles. The van der Waals surface area contributed by atoms with E-state index >= 15 is 0 Å². The van der Waals surface area contributed by atoms with Gasteiger partial charge in [-0.3, -0.25) is 0 Å². The van der Waals surface area contributed by atoms with Crippen LogP contribution in [0.2, 0.25) is 5.02 Å². The van der Waals surface area contributed by atoms with Crippen LogP contribution in [0.5, 0.6) is 0 Å². The Kier molecular flexibility index (Phi) is 3.81. The molecule has 2 rings (SSSR count). The lowest BCUT2D eigenvalue weighted by atomic mass is 10.2. The van der Waals surface area contributed by atoms with Crippen molar-refractivity contribution in [1.29, 1.82) is 0 Å². The van der Waals surface area contributed by atoms with Crippen molar-refractivity contribution in [2.75, 3.05) is 11.1 Å². The van der Waals surface area contributed by atoms with E-state index in [4.69, 9.17) is 17.3 Å². The fraction of sp³-hybridized carbons (Fsp3) is 0.0909. The highest BCUT2D eigenvalue weighted by Crippen LogP contribution is 2.24. The fourth-order valence-electron chi connectivity index (χ4n) is 1.33. The summed E-state index contributed by atoms with van der Waals surface area (Å²) in [4.78, 5) is 7.83. The van der Waals surface area contributed by atoms with Crippen LogP contribution in [-0.4, -0.2) is 9.97 Å². The first-order valence-electron chi connectivity index (χ1n) is 4.91. The smallest absolute Gasteiger partial charge is 0.150 e. The Balaban J connectivity index is 2.13. The number of nitrogens with two attached hydrogens (primary N) is 1. The number of hydrogen-bond donors (Lipinski definition) is 2. The lowest BCUT2D eigenvalue weighted by Crippen LogP contribution is -2.04. The van der Waals surface area contributed by atoms with E-state index in [1.54, 1.807) is 0 Å². The van der Waals surface area contributed by atoms with E-state index in [0.717, 1.165) is 10.0 Å². The van der Waals surface area contributed by atoms with E-state index in [1.807, 2.05) is 24.3 Å². The number of halogens is 2. The second-order valence-electron chi connectivity index (χ2n) is 3.37. The molecule has 0 radical (unpaired) electrons. The third-order valence-electron chi connectivity index (χ3n) is 2.22. The van der Waals surface area contributed by atoms with Crippen molar-refractivity contribution >= 4 is 39.2 Å². The molecule has 0 aliphatic carbocycles. The van der Waals surface area contributed by atoms with Gasteiger partial charge in [-0.15, -0.1) is 0 Å². The average molecular weight is 314 g/mol. The summed E-state index contributed by atoms with van der Waals surface area (Å²) in [6, 6.07) is 7.92. The van der Waals surface area contributed by atoms with E-state index < -0.39 is 0 Å². The summed E-state index contributed by atoms with van der Waals surface area (Å²) in [5.41, 5.74) is 6.70. The van der Waals surface area contributed by atoms with Crippen LogP contribution < -0.4 is 11.1 Å². The first-order chi connectivity index (χ1) is 8.18. The maximum Gasteiger partial charge on any atom is 0.150 e. The van der Waals surface area contributed by atoms with Crippen molar-refractivity contribution in [2.45, 2.75) is 6.54 Å². The van der Waals surface area contributed by atoms with Gasteiger partial charge in [0.25, 0.3) is 0 Å². The Morgan fingerprint density at radius 2 is 2.06 bits per heavy atom. The van der Waals surface area contributed by atoms with Gasteiger partial charge in [-0.25, -0.2) is 9.97 Å². The molecule has 0 fully saturated rings. The molecule has 0 aliphatic heterocycles. The molecule has 1 aromatic heterocycles. The number of aromatic nitrogens is 2. The lowest BCUT2D eigenvalue weighted by Gasteiger charge is -2.09. The second kappa shape index (κ2) is 5.33. The minimum Gasteiger partial charge on any atom is -0.382 e. The van der Waals surface area contributed by atoms with Crippen LogP contribution in [-0.2, 0) is 6.54 Å². The molecule has 4 nitrogen and oxygen atoms in total. The monoisotopic (exact) mass is 312 g/mol. The van der Waals surface area contributed by atoms with Crippen LogP contribution in [0.3, 0.4) is 0 Å². The average Bonchev–Trinajstić information content (AvgIpc) is 2.33.